The lowest BCUT2D eigenvalue weighted by molar-refractivity contribution is 0.0685. The molecule has 1 fully saturated rings. The van der Waals surface area contributed by atoms with Crippen LogP contribution in [0.5, 0.6) is 0 Å². The average molecular weight is 336 g/mol. The van der Waals surface area contributed by atoms with Crippen LogP contribution in [-0.4, -0.2) is 42.5 Å². The summed E-state index contributed by atoms with van der Waals surface area (Å²) < 4.78 is 5.45. The number of hydrogen-bond acceptors (Lipinski definition) is 4. The fraction of sp³-hybridized carbons (Fsp3) is 0.412. The lowest BCUT2D eigenvalue weighted by atomic mass is 9.97. The zero-order valence-electron chi connectivity index (χ0n) is 13.2. The SMILES string of the molecule is CNCC1CCN(C(=O)c2coc(-c3ccccc3)n2)CC1.Cl. The van der Waals surface area contributed by atoms with Gasteiger partial charge in [0.1, 0.15) is 6.26 Å². The Kier molecular flexibility index (Phi) is 6.19. The number of benzene rings is 1. The Morgan fingerprint density at radius 2 is 2.00 bits per heavy atom. The molecule has 1 aliphatic rings. The topological polar surface area (TPSA) is 58.4 Å². The van der Waals surface area contributed by atoms with Crippen LogP contribution in [0, 0.1) is 5.92 Å². The summed E-state index contributed by atoms with van der Waals surface area (Å²) in [4.78, 5) is 18.7. The van der Waals surface area contributed by atoms with Gasteiger partial charge in [-0.05, 0) is 44.5 Å². The van der Waals surface area contributed by atoms with Crippen molar-refractivity contribution in [3.63, 3.8) is 0 Å². The summed E-state index contributed by atoms with van der Waals surface area (Å²) in [6.07, 6.45) is 3.54. The molecule has 3 rings (SSSR count). The summed E-state index contributed by atoms with van der Waals surface area (Å²) in [5.74, 6) is 1.12. The number of oxazole rings is 1. The third-order valence-electron chi connectivity index (χ3n) is 4.14. The van der Waals surface area contributed by atoms with E-state index in [4.69, 9.17) is 4.42 Å². The molecule has 1 N–H and O–H groups in total. The van der Waals surface area contributed by atoms with Crippen molar-refractivity contribution in [2.75, 3.05) is 26.7 Å². The van der Waals surface area contributed by atoms with Gasteiger partial charge >= 0.3 is 0 Å². The first kappa shape index (κ1) is 17.5. The van der Waals surface area contributed by atoms with Crippen molar-refractivity contribution in [2.24, 2.45) is 5.92 Å². The van der Waals surface area contributed by atoms with Crippen LogP contribution < -0.4 is 5.32 Å². The van der Waals surface area contributed by atoms with E-state index in [1.165, 1.54) is 6.26 Å². The first-order valence-electron chi connectivity index (χ1n) is 7.72. The number of amides is 1. The molecule has 1 aromatic carbocycles. The van der Waals surface area contributed by atoms with E-state index in [0.717, 1.165) is 38.0 Å². The Labute approximate surface area is 142 Å². The van der Waals surface area contributed by atoms with Gasteiger partial charge in [-0.3, -0.25) is 4.79 Å². The first-order valence-corrected chi connectivity index (χ1v) is 7.72. The highest BCUT2D eigenvalue weighted by Crippen LogP contribution is 2.21. The first-order chi connectivity index (χ1) is 10.8. The number of aromatic nitrogens is 1. The van der Waals surface area contributed by atoms with E-state index < -0.39 is 0 Å². The molecule has 23 heavy (non-hydrogen) atoms. The summed E-state index contributed by atoms with van der Waals surface area (Å²) >= 11 is 0. The third kappa shape index (κ3) is 4.12. The van der Waals surface area contributed by atoms with Gasteiger partial charge in [0, 0.05) is 18.7 Å². The Bertz CT molecular complexity index is 622. The second-order valence-electron chi connectivity index (χ2n) is 5.70. The van der Waals surface area contributed by atoms with Crippen molar-refractivity contribution in [3.8, 4) is 11.5 Å². The number of nitrogens with one attached hydrogen (secondary N) is 1. The zero-order valence-corrected chi connectivity index (χ0v) is 14.0. The number of likely N-dealkylation sites (tertiary alicyclic amines) is 1. The second-order valence-corrected chi connectivity index (χ2v) is 5.70. The van der Waals surface area contributed by atoms with Crippen LogP contribution in [-0.2, 0) is 0 Å². The normalized spacial score (nSPS) is 15.3. The molecule has 2 heterocycles. The highest BCUT2D eigenvalue weighted by molar-refractivity contribution is 5.92. The molecule has 0 atom stereocenters. The van der Waals surface area contributed by atoms with Gasteiger partial charge in [-0.15, -0.1) is 12.4 Å². The quantitative estimate of drug-likeness (QED) is 0.933. The molecule has 0 aliphatic carbocycles. The monoisotopic (exact) mass is 335 g/mol. The minimum atomic E-state index is -0.0335. The number of rotatable bonds is 4. The number of piperidine rings is 1. The lowest BCUT2D eigenvalue weighted by Crippen LogP contribution is -2.40. The van der Waals surface area contributed by atoms with Gasteiger partial charge in [0.05, 0.1) is 0 Å². The van der Waals surface area contributed by atoms with Crippen molar-refractivity contribution < 1.29 is 9.21 Å². The van der Waals surface area contributed by atoms with Gasteiger partial charge in [0.25, 0.3) is 5.91 Å². The number of nitrogens with zero attached hydrogens (tertiary/aromatic N) is 2. The number of carbonyl (C=O) groups is 1. The summed E-state index contributed by atoms with van der Waals surface area (Å²) in [6.45, 7) is 2.60. The summed E-state index contributed by atoms with van der Waals surface area (Å²) in [6, 6.07) is 9.63. The Hall–Kier alpha value is -1.85. The standard InChI is InChI=1S/C17H21N3O2.ClH/c1-18-11-13-7-9-20(10-8-13)17(21)15-12-22-16(19-15)14-5-3-2-4-6-14;/h2-6,12-13,18H,7-11H2,1H3;1H. The van der Waals surface area contributed by atoms with E-state index in [9.17, 15) is 4.79 Å². The van der Waals surface area contributed by atoms with Gasteiger partial charge in [-0.25, -0.2) is 4.98 Å². The number of hydrogen-bond donors (Lipinski definition) is 1. The largest absolute Gasteiger partial charge is 0.444 e. The number of halogens is 1. The molecule has 5 nitrogen and oxygen atoms in total. The summed E-state index contributed by atoms with van der Waals surface area (Å²) in [5, 5.41) is 3.20. The minimum absolute atomic E-state index is 0. The van der Waals surface area contributed by atoms with E-state index in [1.54, 1.807) is 0 Å². The van der Waals surface area contributed by atoms with E-state index in [1.807, 2.05) is 42.3 Å². The van der Waals surface area contributed by atoms with Crippen LogP contribution in [0.25, 0.3) is 11.5 Å². The molecule has 1 aliphatic heterocycles. The molecule has 0 spiro atoms. The van der Waals surface area contributed by atoms with Crippen LogP contribution in [0.4, 0.5) is 0 Å². The van der Waals surface area contributed by atoms with Gasteiger partial charge in [0.15, 0.2) is 5.69 Å². The molecule has 0 bridgehead atoms. The molecule has 1 amide bonds. The fourth-order valence-electron chi connectivity index (χ4n) is 2.88. The molecule has 1 aromatic heterocycles. The molecular weight excluding hydrogens is 314 g/mol. The van der Waals surface area contributed by atoms with E-state index in [0.29, 0.717) is 17.5 Å². The van der Waals surface area contributed by atoms with Crippen LogP contribution in [0.3, 0.4) is 0 Å². The fourth-order valence-corrected chi connectivity index (χ4v) is 2.88. The van der Waals surface area contributed by atoms with E-state index in [2.05, 4.69) is 10.3 Å². The predicted molar refractivity (Wildman–Crippen MR) is 91.7 cm³/mol. The van der Waals surface area contributed by atoms with Crippen molar-refractivity contribution in [3.05, 3.63) is 42.3 Å². The van der Waals surface area contributed by atoms with Gasteiger partial charge in [-0.1, -0.05) is 18.2 Å². The Balaban J connectivity index is 0.00000192. The van der Waals surface area contributed by atoms with Crippen molar-refractivity contribution >= 4 is 18.3 Å². The molecule has 124 valence electrons. The molecule has 2 aromatic rings. The van der Waals surface area contributed by atoms with E-state index in [-0.39, 0.29) is 18.3 Å². The smallest absolute Gasteiger partial charge is 0.275 e. The minimum Gasteiger partial charge on any atom is -0.444 e. The van der Waals surface area contributed by atoms with Gasteiger partial charge in [-0.2, -0.15) is 0 Å². The van der Waals surface area contributed by atoms with E-state index >= 15 is 0 Å². The number of carbonyl (C=O) groups excluding carboxylic acids is 1. The molecular formula is C17H22ClN3O2. The summed E-state index contributed by atoms with van der Waals surface area (Å²) in [5.41, 5.74) is 1.28. The molecule has 1 saturated heterocycles. The Morgan fingerprint density at radius 1 is 1.30 bits per heavy atom. The molecule has 0 unspecified atom stereocenters. The molecule has 0 saturated carbocycles. The maximum absolute atomic E-state index is 12.5. The highest BCUT2D eigenvalue weighted by Gasteiger charge is 2.25. The summed E-state index contributed by atoms with van der Waals surface area (Å²) in [7, 11) is 1.97. The van der Waals surface area contributed by atoms with Gasteiger partial charge in [0.2, 0.25) is 5.89 Å². The predicted octanol–water partition coefficient (Wildman–Crippen LogP) is 2.84. The van der Waals surface area contributed by atoms with Gasteiger partial charge < -0.3 is 14.6 Å². The zero-order chi connectivity index (χ0) is 15.4. The molecule has 6 heteroatoms. The van der Waals surface area contributed by atoms with Crippen LogP contribution in [0.2, 0.25) is 0 Å². The third-order valence-corrected chi connectivity index (χ3v) is 4.14. The maximum atomic E-state index is 12.5. The van der Waals surface area contributed by atoms with Crippen molar-refractivity contribution in [1.29, 1.82) is 0 Å². The lowest BCUT2D eigenvalue weighted by Gasteiger charge is -2.31. The van der Waals surface area contributed by atoms with Crippen LogP contribution in [0.15, 0.2) is 41.0 Å². The van der Waals surface area contributed by atoms with Crippen LogP contribution in [0.1, 0.15) is 23.3 Å². The van der Waals surface area contributed by atoms with Crippen LogP contribution >= 0.6 is 12.4 Å². The van der Waals surface area contributed by atoms with Crippen molar-refractivity contribution in [2.45, 2.75) is 12.8 Å². The Morgan fingerprint density at radius 3 is 2.65 bits per heavy atom. The maximum Gasteiger partial charge on any atom is 0.275 e. The highest BCUT2D eigenvalue weighted by atomic mass is 35.5. The average Bonchev–Trinajstić information content (AvgIpc) is 3.06. The second kappa shape index (κ2) is 8.13. The van der Waals surface area contributed by atoms with Crippen molar-refractivity contribution in [1.82, 2.24) is 15.2 Å². The molecule has 0 radical (unpaired) electrons.